The summed E-state index contributed by atoms with van der Waals surface area (Å²) in [6.45, 7) is 1.94. The summed E-state index contributed by atoms with van der Waals surface area (Å²) in [6.07, 6.45) is 1.69. The van der Waals surface area contributed by atoms with Crippen LogP contribution < -0.4 is 0 Å². The van der Waals surface area contributed by atoms with Gasteiger partial charge in [0.05, 0.1) is 16.4 Å². The third-order valence-corrected chi connectivity index (χ3v) is 5.78. The van der Waals surface area contributed by atoms with E-state index in [0.717, 1.165) is 25.7 Å². The van der Waals surface area contributed by atoms with E-state index in [9.17, 15) is 0 Å². The summed E-state index contributed by atoms with van der Waals surface area (Å²) >= 11 is 17.0. The molecule has 0 saturated heterocycles. The van der Waals surface area contributed by atoms with Gasteiger partial charge in [0.25, 0.3) is 0 Å². The van der Waals surface area contributed by atoms with Crippen molar-refractivity contribution in [2.24, 2.45) is 4.99 Å². The largest absolute Gasteiger partial charge is 0.447 e. The first kappa shape index (κ1) is 17.6. The Morgan fingerprint density at radius 3 is 2.62 bits per heavy atom. The molecule has 0 spiro atoms. The molecule has 2 nitrogen and oxygen atoms in total. The monoisotopic (exact) mass is 439 g/mol. The Kier molecular flexibility index (Phi) is 5.72. The fourth-order valence-electron chi connectivity index (χ4n) is 1.98. The van der Waals surface area contributed by atoms with E-state index in [2.05, 4.69) is 20.9 Å². The lowest BCUT2D eigenvalue weighted by Gasteiger charge is -2.00. The molecule has 0 fully saturated rings. The Morgan fingerprint density at radius 2 is 1.88 bits per heavy atom. The Labute approximate surface area is 163 Å². The van der Waals surface area contributed by atoms with E-state index in [0.29, 0.717) is 15.8 Å². The quantitative estimate of drug-likeness (QED) is 0.391. The Morgan fingerprint density at radius 1 is 1.12 bits per heavy atom. The van der Waals surface area contributed by atoms with E-state index in [-0.39, 0.29) is 0 Å². The van der Waals surface area contributed by atoms with Gasteiger partial charge in [0.2, 0.25) is 0 Å². The predicted molar refractivity (Wildman–Crippen MR) is 105 cm³/mol. The van der Waals surface area contributed by atoms with Crippen LogP contribution >= 0.6 is 50.9 Å². The SMILES string of the molecule is Cc1c(Cl)cccc1N=Cc1cc(Br)c(Sc2ccc(Cl)cc2)o1. The molecule has 3 aromatic rings. The summed E-state index contributed by atoms with van der Waals surface area (Å²) in [5, 5.41) is 2.17. The van der Waals surface area contributed by atoms with Gasteiger partial charge in [0.15, 0.2) is 5.09 Å². The summed E-state index contributed by atoms with van der Waals surface area (Å²) in [7, 11) is 0. The molecule has 3 rings (SSSR count). The highest BCUT2D eigenvalue weighted by Gasteiger charge is 2.10. The van der Waals surface area contributed by atoms with E-state index in [4.69, 9.17) is 27.6 Å². The highest BCUT2D eigenvalue weighted by molar-refractivity contribution is 9.10. The summed E-state index contributed by atoms with van der Waals surface area (Å²) in [6, 6.07) is 15.1. The number of nitrogens with zero attached hydrogens (tertiary/aromatic N) is 1. The van der Waals surface area contributed by atoms with Crippen LogP contribution in [0.2, 0.25) is 10.0 Å². The zero-order chi connectivity index (χ0) is 17.1. The number of hydrogen-bond donors (Lipinski definition) is 0. The second-order valence-electron chi connectivity index (χ2n) is 4.98. The van der Waals surface area contributed by atoms with Gasteiger partial charge in [-0.05, 0) is 64.8 Å². The maximum atomic E-state index is 6.11. The Bertz CT molecular complexity index is 891. The normalized spacial score (nSPS) is 11.3. The molecule has 0 aliphatic carbocycles. The number of furan rings is 1. The third-order valence-electron chi connectivity index (χ3n) is 3.27. The van der Waals surface area contributed by atoms with Crippen LogP contribution in [-0.4, -0.2) is 6.21 Å². The fraction of sp³-hybridized carbons (Fsp3) is 0.0556. The maximum Gasteiger partial charge on any atom is 0.179 e. The van der Waals surface area contributed by atoms with Crippen molar-refractivity contribution in [3.05, 3.63) is 74.4 Å². The molecule has 0 aliphatic heterocycles. The topological polar surface area (TPSA) is 25.5 Å². The van der Waals surface area contributed by atoms with Crippen molar-refractivity contribution in [1.82, 2.24) is 0 Å². The average molecular weight is 441 g/mol. The van der Waals surface area contributed by atoms with Crippen LogP contribution in [0.15, 0.2) is 72.4 Å². The molecule has 2 aromatic carbocycles. The molecule has 0 aliphatic rings. The Hall–Kier alpha value is -1.20. The van der Waals surface area contributed by atoms with E-state index < -0.39 is 0 Å². The number of benzene rings is 2. The summed E-state index contributed by atoms with van der Waals surface area (Å²) in [4.78, 5) is 5.50. The van der Waals surface area contributed by atoms with E-state index in [1.165, 1.54) is 11.8 Å². The zero-order valence-electron chi connectivity index (χ0n) is 12.6. The van der Waals surface area contributed by atoms with Gasteiger partial charge in [-0.2, -0.15) is 0 Å². The lowest BCUT2D eigenvalue weighted by Crippen LogP contribution is -1.79. The summed E-state index contributed by atoms with van der Waals surface area (Å²) in [5.41, 5.74) is 1.76. The van der Waals surface area contributed by atoms with Crippen LogP contribution in [0.1, 0.15) is 11.3 Å². The first-order valence-corrected chi connectivity index (χ1v) is 9.41. The van der Waals surface area contributed by atoms with Gasteiger partial charge in [-0.1, -0.05) is 41.0 Å². The molecule has 0 radical (unpaired) electrons. The Balaban J connectivity index is 1.79. The molecule has 1 heterocycles. The minimum atomic E-state index is 0.665. The molecule has 0 saturated carbocycles. The van der Waals surface area contributed by atoms with Crippen molar-refractivity contribution in [3.63, 3.8) is 0 Å². The van der Waals surface area contributed by atoms with Crippen molar-refractivity contribution in [2.45, 2.75) is 16.9 Å². The molecule has 24 heavy (non-hydrogen) atoms. The second kappa shape index (κ2) is 7.79. The molecule has 0 N–H and O–H groups in total. The van der Waals surface area contributed by atoms with Gasteiger partial charge in [0, 0.05) is 21.0 Å². The molecule has 0 bridgehead atoms. The van der Waals surface area contributed by atoms with Crippen LogP contribution in [-0.2, 0) is 0 Å². The van der Waals surface area contributed by atoms with Gasteiger partial charge in [-0.15, -0.1) is 0 Å². The van der Waals surface area contributed by atoms with Crippen molar-refractivity contribution >= 4 is 62.8 Å². The number of hydrogen-bond acceptors (Lipinski definition) is 3. The lowest BCUT2D eigenvalue weighted by molar-refractivity contribution is 0.466. The van der Waals surface area contributed by atoms with Crippen molar-refractivity contribution < 1.29 is 4.42 Å². The standard InChI is InChI=1S/C18H12BrCl2NOS/c1-11-16(21)3-2-4-17(11)22-10-13-9-15(19)18(23-13)24-14-7-5-12(20)6-8-14/h2-10H,1H3. The fourth-order valence-corrected chi connectivity index (χ4v) is 3.61. The van der Waals surface area contributed by atoms with Crippen molar-refractivity contribution in [2.75, 3.05) is 0 Å². The van der Waals surface area contributed by atoms with Crippen LogP contribution in [0.5, 0.6) is 0 Å². The van der Waals surface area contributed by atoms with Gasteiger partial charge < -0.3 is 4.42 Å². The number of halogens is 3. The van der Waals surface area contributed by atoms with Crippen LogP contribution in [0, 0.1) is 6.92 Å². The smallest absolute Gasteiger partial charge is 0.179 e. The lowest BCUT2D eigenvalue weighted by atomic mass is 10.2. The van der Waals surface area contributed by atoms with Crippen LogP contribution in [0.25, 0.3) is 0 Å². The number of aliphatic imine (C=N–C) groups is 1. The van der Waals surface area contributed by atoms with Crippen molar-refractivity contribution in [3.8, 4) is 0 Å². The molecule has 1 aromatic heterocycles. The minimum absolute atomic E-state index is 0.665. The molecule has 0 amide bonds. The summed E-state index contributed by atoms with van der Waals surface area (Å²) < 4.78 is 6.72. The molecular weight excluding hydrogens is 429 g/mol. The molecule has 0 atom stereocenters. The van der Waals surface area contributed by atoms with Crippen molar-refractivity contribution in [1.29, 1.82) is 0 Å². The molecule has 6 heteroatoms. The van der Waals surface area contributed by atoms with Crippen LogP contribution in [0.4, 0.5) is 5.69 Å². The molecule has 0 unspecified atom stereocenters. The predicted octanol–water partition coefficient (Wildman–Crippen LogP) is 7.56. The van der Waals surface area contributed by atoms with E-state index in [1.807, 2.05) is 55.5 Å². The first-order valence-electron chi connectivity index (χ1n) is 7.05. The van der Waals surface area contributed by atoms with Gasteiger partial charge in [-0.25, -0.2) is 0 Å². The second-order valence-corrected chi connectivity index (χ2v) is 7.73. The van der Waals surface area contributed by atoms with Gasteiger partial charge in [0.1, 0.15) is 5.76 Å². The van der Waals surface area contributed by atoms with Crippen LogP contribution in [0.3, 0.4) is 0 Å². The van der Waals surface area contributed by atoms with Gasteiger partial charge >= 0.3 is 0 Å². The molecular formula is C18H12BrCl2NOS. The number of rotatable bonds is 4. The highest BCUT2D eigenvalue weighted by Crippen LogP contribution is 2.36. The zero-order valence-corrected chi connectivity index (χ0v) is 16.5. The summed E-state index contributed by atoms with van der Waals surface area (Å²) in [5.74, 6) is 0.665. The highest BCUT2D eigenvalue weighted by atomic mass is 79.9. The van der Waals surface area contributed by atoms with Gasteiger partial charge in [-0.3, -0.25) is 4.99 Å². The average Bonchev–Trinajstić information content (AvgIpc) is 2.91. The molecule has 122 valence electrons. The first-order chi connectivity index (χ1) is 11.5. The minimum Gasteiger partial charge on any atom is -0.447 e. The van der Waals surface area contributed by atoms with E-state index in [1.54, 1.807) is 6.21 Å². The maximum absolute atomic E-state index is 6.11. The van der Waals surface area contributed by atoms with E-state index >= 15 is 0 Å². The third kappa shape index (κ3) is 4.25.